The SMILES string of the molecule is Fc1cccc(-c2cccc(C3CNC3)c2)c1. The number of halogens is 1. The average Bonchev–Trinajstić information content (AvgIpc) is 2.27. The van der Waals surface area contributed by atoms with Crippen LogP contribution in [-0.2, 0) is 0 Å². The molecule has 1 aliphatic heterocycles. The summed E-state index contributed by atoms with van der Waals surface area (Å²) in [4.78, 5) is 0. The van der Waals surface area contributed by atoms with Crippen molar-refractivity contribution in [1.29, 1.82) is 0 Å². The molecule has 1 N–H and O–H groups in total. The molecule has 0 aromatic heterocycles. The first-order valence-corrected chi connectivity index (χ1v) is 5.89. The van der Waals surface area contributed by atoms with Crippen LogP contribution in [0.1, 0.15) is 11.5 Å². The monoisotopic (exact) mass is 227 g/mol. The minimum Gasteiger partial charge on any atom is -0.315 e. The van der Waals surface area contributed by atoms with E-state index in [1.165, 1.54) is 11.6 Å². The molecule has 1 aliphatic rings. The fraction of sp³-hybridized carbons (Fsp3) is 0.200. The van der Waals surface area contributed by atoms with Crippen molar-refractivity contribution in [3.05, 3.63) is 59.9 Å². The molecule has 0 saturated carbocycles. The Morgan fingerprint density at radius 1 is 0.941 bits per heavy atom. The summed E-state index contributed by atoms with van der Waals surface area (Å²) in [5, 5.41) is 3.27. The third kappa shape index (κ3) is 2.08. The maximum absolute atomic E-state index is 13.2. The smallest absolute Gasteiger partial charge is 0.123 e. The molecule has 2 aromatic rings. The highest BCUT2D eigenvalue weighted by Crippen LogP contribution is 2.26. The lowest BCUT2D eigenvalue weighted by Gasteiger charge is -2.27. The van der Waals surface area contributed by atoms with E-state index in [1.54, 1.807) is 12.1 Å². The number of benzene rings is 2. The maximum atomic E-state index is 13.2. The number of nitrogens with one attached hydrogen (secondary N) is 1. The summed E-state index contributed by atoms with van der Waals surface area (Å²) < 4.78 is 13.2. The van der Waals surface area contributed by atoms with Crippen molar-refractivity contribution in [2.75, 3.05) is 13.1 Å². The summed E-state index contributed by atoms with van der Waals surface area (Å²) in [5.41, 5.74) is 3.37. The van der Waals surface area contributed by atoms with Crippen molar-refractivity contribution in [2.24, 2.45) is 0 Å². The van der Waals surface area contributed by atoms with E-state index in [0.717, 1.165) is 24.2 Å². The van der Waals surface area contributed by atoms with Gasteiger partial charge in [0, 0.05) is 19.0 Å². The molecular weight excluding hydrogens is 213 g/mol. The Bertz CT molecular complexity index is 532. The van der Waals surface area contributed by atoms with Crippen molar-refractivity contribution in [3.63, 3.8) is 0 Å². The Hall–Kier alpha value is -1.67. The Labute approximate surface area is 100 Å². The molecule has 1 nitrogen and oxygen atoms in total. The number of hydrogen-bond acceptors (Lipinski definition) is 1. The van der Waals surface area contributed by atoms with Gasteiger partial charge in [-0.3, -0.25) is 0 Å². The highest BCUT2D eigenvalue weighted by Gasteiger charge is 2.18. The molecule has 17 heavy (non-hydrogen) atoms. The molecule has 1 fully saturated rings. The maximum Gasteiger partial charge on any atom is 0.123 e. The van der Waals surface area contributed by atoms with Gasteiger partial charge in [-0.25, -0.2) is 4.39 Å². The molecule has 3 rings (SSSR count). The van der Waals surface area contributed by atoms with Gasteiger partial charge >= 0.3 is 0 Å². The number of rotatable bonds is 2. The standard InChI is InChI=1S/C15H14FN/c16-15-6-2-5-13(8-15)11-3-1-4-12(7-11)14-9-17-10-14/h1-8,14,17H,9-10H2. The van der Waals surface area contributed by atoms with E-state index in [0.29, 0.717) is 5.92 Å². The van der Waals surface area contributed by atoms with E-state index in [-0.39, 0.29) is 5.82 Å². The van der Waals surface area contributed by atoms with E-state index in [9.17, 15) is 4.39 Å². The van der Waals surface area contributed by atoms with Crippen LogP contribution in [0.4, 0.5) is 4.39 Å². The molecule has 0 atom stereocenters. The van der Waals surface area contributed by atoms with Crippen LogP contribution in [0.5, 0.6) is 0 Å². The summed E-state index contributed by atoms with van der Waals surface area (Å²) in [6.07, 6.45) is 0. The predicted octanol–water partition coefficient (Wildman–Crippen LogP) is 3.18. The van der Waals surface area contributed by atoms with Crippen LogP contribution in [0.15, 0.2) is 48.5 Å². The van der Waals surface area contributed by atoms with Gasteiger partial charge in [0.15, 0.2) is 0 Å². The van der Waals surface area contributed by atoms with Crippen LogP contribution in [-0.4, -0.2) is 13.1 Å². The minimum atomic E-state index is -0.182. The quantitative estimate of drug-likeness (QED) is 0.830. The molecule has 1 heterocycles. The minimum absolute atomic E-state index is 0.182. The molecule has 86 valence electrons. The third-order valence-corrected chi connectivity index (χ3v) is 3.30. The van der Waals surface area contributed by atoms with Gasteiger partial charge in [0.25, 0.3) is 0 Å². The second-order valence-electron chi connectivity index (χ2n) is 4.49. The molecule has 0 amide bonds. The van der Waals surface area contributed by atoms with E-state index in [4.69, 9.17) is 0 Å². The fourth-order valence-electron chi connectivity index (χ4n) is 2.16. The van der Waals surface area contributed by atoms with Crippen LogP contribution in [0.3, 0.4) is 0 Å². The van der Waals surface area contributed by atoms with Gasteiger partial charge in [-0.05, 0) is 28.8 Å². The average molecular weight is 227 g/mol. The fourth-order valence-corrected chi connectivity index (χ4v) is 2.16. The molecule has 0 radical (unpaired) electrons. The summed E-state index contributed by atoms with van der Waals surface area (Å²) in [7, 11) is 0. The topological polar surface area (TPSA) is 12.0 Å². The Morgan fingerprint density at radius 3 is 2.29 bits per heavy atom. The lowest BCUT2D eigenvalue weighted by atomic mass is 9.91. The van der Waals surface area contributed by atoms with Crippen molar-refractivity contribution in [2.45, 2.75) is 5.92 Å². The number of hydrogen-bond donors (Lipinski definition) is 1. The zero-order valence-electron chi connectivity index (χ0n) is 9.49. The van der Waals surface area contributed by atoms with Crippen molar-refractivity contribution < 1.29 is 4.39 Å². The van der Waals surface area contributed by atoms with Crippen molar-refractivity contribution >= 4 is 0 Å². The molecule has 0 unspecified atom stereocenters. The zero-order chi connectivity index (χ0) is 11.7. The first-order chi connectivity index (χ1) is 8.33. The van der Waals surface area contributed by atoms with Crippen LogP contribution in [0, 0.1) is 5.82 Å². The molecule has 2 heteroatoms. The van der Waals surface area contributed by atoms with E-state index >= 15 is 0 Å². The van der Waals surface area contributed by atoms with Gasteiger partial charge in [-0.2, -0.15) is 0 Å². The second kappa shape index (κ2) is 4.30. The van der Waals surface area contributed by atoms with Crippen LogP contribution >= 0.6 is 0 Å². The van der Waals surface area contributed by atoms with Gasteiger partial charge in [-0.15, -0.1) is 0 Å². The highest BCUT2D eigenvalue weighted by atomic mass is 19.1. The van der Waals surface area contributed by atoms with Gasteiger partial charge in [0.2, 0.25) is 0 Å². The predicted molar refractivity (Wildman–Crippen MR) is 67.4 cm³/mol. The van der Waals surface area contributed by atoms with Crippen molar-refractivity contribution in [1.82, 2.24) is 5.32 Å². The largest absolute Gasteiger partial charge is 0.315 e. The van der Waals surface area contributed by atoms with Gasteiger partial charge in [0.1, 0.15) is 5.82 Å². The summed E-state index contributed by atoms with van der Waals surface area (Å²) in [6.45, 7) is 2.10. The van der Waals surface area contributed by atoms with E-state index in [2.05, 4.69) is 17.4 Å². The lowest BCUT2D eigenvalue weighted by Crippen LogP contribution is -2.39. The van der Waals surface area contributed by atoms with E-state index in [1.807, 2.05) is 18.2 Å². The Morgan fingerprint density at radius 2 is 1.65 bits per heavy atom. The molecule has 1 saturated heterocycles. The molecule has 2 aromatic carbocycles. The first kappa shape index (κ1) is 10.5. The Kier molecular flexibility index (Phi) is 2.65. The van der Waals surface area contributed by atoms with E-state index < -0.39 is 0 Å². The van der Waals surface area contributed by atoms with Gasteiger partial charge < -0.3 is 5.32 Å². The van der Waals surface area contributed by atoms with Gasteiger partial charge in [0.05, 0.1) is 0 Å². The molecule has 0 bridgehead atoms. The van der Waals surface area contributed by atoms with Crippen LogP contribution < -0.4 is 5.32 Å². The van der Waals surface area contributed by atoms with Gasteiger partial charge in [-0.1, -0.05) is 36.4 Å². The first-order valence-electron chi connectivity index (χ1n) is 5.89. The van der Waals surface area contributed by atoms with Crippen molar-refractivity contribution in [3.8, 4) is 11.1 Å². The van der Waals surface area contributed by atoms with Crippen LogP contribution in [0.2, 0.25) is 0 Å². The summed E-state index contributed by atoms with van der Waals surface area (Å²) in [6, 6.07) is 15.2. The summed E-state index contributed by atoms with van der Waals surface area (Å²) in [5.74, 6) is 0.432. The molecule has 0 spiro atoms. The Balaban J connectivity index is 1.97. The highest BCUT2D eigenvalue weighted by molar-refractivity contribution is 5.64. The second-order valence-corrected chi connectivity index (χ2v) is 4.49. The third-order valence-electron chi connectivity index (χ3n) is 3.30. The molecule has 0 aliphatic carbocycles. The normalized spacial score (nSPS) is 15.6. The molecular formula is C15H14FN. The zero-order valence-corrected chi connectivity index (χ0v) is 9.49. The van der Waals surface area contributed by atoms with Crippen LogP contribution in [0.25, 0.3) is 11.1 Å². The summed E-state index contributed by atoms with van der Waals surface area (Å²) >= 11 is 0. The lowest BCUT2D eigenvalue weighted by molar-refractivity contribution is 0.448.